The molecule has 0 heteroatoms. The summed E-state index contributed by atoms with van der Waals surface area (Å²) in [7, 11) is 0. The van der Waals surface area contributed by atoms with Crippen molar-refractivity contribution in [3.05, 3.63) is 47.5 Å². The molecule has 0 aliphatic carbocycles. The Labute approximate surface area is 100 Å². The molecule has 88 valence electrons. The highest BCUT2D eigenvalue weighted by Gasteiger charge is 2.14. The van der Waals surface area contributed by atoms with E-state index in [2.05, 4.69) is 59.4 Å². The van der Waals surface area contributed by atoms with Gasteiger partial charge in [-0.2, -0.15) is 0 Å². The van der Waals surface area contributed by atoms with E-state index in [9.17, 15) is 0 Å². The van der Waals surface area contributed by atoms with Crippen molar-refractivity contribution in [1.29, 1.82) is 0 Å². The standard InChI is InChI=1S/C16H24/c1-7-16(5,6)11-14-8-13(4)9-15(10-14)12(2)3/h7-10,12H,1,11H2,2-6H3. The summed E-state index contributed by atoms with van der Waals surface area (Å²) in [5.74, 6) is 0.602. The molecule has 0 nitrogen and oxygen atoms in total. The van der Waals surface area contributed by atoms with Gasteiger partial charge in [0.2, 0.25) is 0 Å². The van der Waals surface area contributed by atoms with E-state index in [0.717, 1.165) is 6.42 Å². The lowest BCUT2D eigenvalue weighted by Crippen LogP contribution is -2.11. The van der Waals surface area contributed by atoms with Gasteiger partial charge in [0, 0.05) is 0 Å². The van der Waals surface area contributed by atoms with Crippen LogP contribution in [0.1, 0.15) is 50.3 Å². The molecular weight excluding hydrogens is 192 g/mol. The molecule has 16 heavy (non-hydrogen) atoms. The van der Waals surface area contributed by atoms with Gasteiger partial charge in [0.05, 0.1) is 0 Å². The lowest BCUT2D eigenvalue weighted by Gasteiger charge is -2.21. The van der Waals surface area contributed by atoms with Gasteiger partial charge < -0.3 is 0 Å². The van der Waals surface area contributed by atoms with E-state index in [1.165, 1.54) is 16.7 Å². The maximum atomic E-state index is 3.91. The molecule has 0 heterocycles. The summed E-state index contributed by atoms with van der Waals surface area (Å²) in [5, 5.41) is 0. The zero-order chi connectivity index (χ0) is 12.3. The highest BCUT2D eigenvalue weighted by atomic mass is 14.2. The molecule has 0 atom stereocenters. The Morgan fingerprint density at radius 2 is 1.88 bits per heavy atom. The van der Waals surface area contributed by atoms with Crippen LogP contribution >= 0.6 is 0 Å². The van der Waals surface area contributed by atoms with Gasteiger partial charge in [-0.3, -0.25) is 0 Å². The largest absolute Gasteiger partial charge is 0.103 e. The Hall–Kier alpha value is -1.04. The highest BCUT2D eigenvalue weighted by molar-refractivity contribution is 5.32. The maximum absolute atomic E-state index is 3.91. The van der Waals surface area contributed by atoms with Gasteiger partial charge in [0.1, 0.15) is 0 Å². The van der Waals surface area contributed by atoms with Crippen molar-refractivity contribution in [2.75, 3.05) is 0 Å². The first-order valence-electron chi connectivity index (χ1n) is 6.08. The van der Waals surface area contributed by atoms with E-state index in [1.807, 2.05) is 6.08 Å². The fourth-order valence-electron chi connectivity index (χ4n) is 1.93. The second kappa shape index (κ2) is 4.86. The first-order valence-corrected chi connectivity index (χ1v) is 6.08. The van der Waals surface area contributed by atoms with Crippen molar-refractivity contribution in [3.8, 4) is 0 Å². The van der Waals surface area contributed by atoms with Crippen LogP contribution in [0.25, 0.3) is 0 Å². The van der Waals surface area contributed by atoms with Gasteiger partial charge in [-0.1, -0.05) is 57.5 Å². The second-order valence-electron chi connectivity index (χ2n) is 5.78. The molecule has 1 aromatic rings. The number of allylic oxidation sites excluding steroid dienone is 1. The first-order chi connectivity index (χ1) is 7.34. The van der Waals surface area contributed by atoms with Gasteiger partial charge in [-0.05, 0) is 35.8 Å². The number of rotatable bonds is 4. The minimum Gasteiger partial charge on any atom is -0.103 e. The quantitative estimate of drug-likeness (QED) is 0.630. The molecule has 0 radical (unpaired) electrons. The van der Waals surface area contributed by atoms with Crippen molar-refractivity contribution >= 4 is 0 Å². The predicted octanol–water partition coefficient (Wildman–Crippen LogP) is 4.87. The molecule has 0 fully saturated rings. The van der Waals surface area contributed by atoms with Gasteiger partial charge in [-0.15, -0.1) is 6.58 Å². The Balaban J connectivity index is 3.01. The van der Waals surface area contributed by atoms with Crippen LogP contribution in [-0.4, -0.2) is 0 Å². The van der Waals surface area contributed by atoms with Crippen molar-refractivity contribution in [2.45, 2.75) is 47.0 Å². The maximum Gasteiger partial charge on any atom is -0.0137 e. The van der Waals surface area contributed by atoms with Crippen LogP contribution in [0.2, 0.25) is 0 Å². The fourth-order valence-corrected chi connectivity index (χ4v) is 1.93. The molecule has 0 unspecified atom stereocenters. The lowest BCUT2D eigenvalue weighted by molar-refractivity contribution is 0.478. The monoisotopic (exact) mass is 216 g/mol. The van der Waals surface area contributed by atoms with E-state index >= 15 is 0 Å². The van der Waals surface area contributed by atoms with Crippen LogP contribution in [-0.2, 0) is 6.42 Å². The Morgan fingerprint density at radius 3 is 2.38 bits per heavy atom. The molecule has 0 saturated heterocycles. The van der Waals surface area contributed by atoms with Gasteiger partial charge in [-0.25, -0.2) is 0 Å². The third-order valence-electron chi connectivity index (χ3n) is 3.04. The zero-order valence-electron chi connectivity index (χ0n) is 11.3. The average molecular weight is 216 g/mol. The summed E-state index contributed by atoms with van der Waals surface area (Å²) in [5.41, 5.74) is 4.41. The van der Waals surface area contributed by atoms with Crippen molar-refractivity contribution < 1.29 is 0 Å². The average Bonchev–Trinajstić information content (AvgIpc) is 2.16. The van der Waals surface area contributed by atoms with E-state index in [0.29, 0.717) is 5.92 Å². The summed E-state index contributed by atoms with van der Waals surface area (Å²) in [6, 6.07) is 6.91. The van der Waals surface area contributed by atoms with E-state index in [1.54, 1.807) is 0 Å². The van der Waals surface area contributed by atoms with Gasteiger partial charge in [0.15, 0.2) is 0 Å². The molecule has 0 aliphatic heterocycles. The molecule has 0 aromatic heterocycles. The number of aryl methyl sites for hydroxylation is 1. The molecule has 1 rings (SSSR count). The predicted molar refractivity (Wildman–Crippen MR) is 73.0 cm³/mol. The number of benzene rings is 1. The van der Waals surface area contributed by atoms with Crippen molar-refractivity contribution in [2.24, 2.45) is 5.41 Å². The molecule has 0 bridgehead atoms. The van der Waals surface area contributed by atoms with Crippen LogP contribution in [0.4, 0.5) is 0 Å². The van der Waals surface area contributed by atoms with Crippen LogP contribution in [0.3, 0.4) is 0 Å². The summed E-state index contributed by atoms with van der Waals surface area (Å²) in [6.07, 6.45) is 3.11. The molecule has 0 saturated carbocycles. The van der Waals surface area contributed by atoms with Crippen molar-refractivity contribution in [1.82, 2.24) is 0 Å². The highest BCUT2D eigenvalue weighted by Crippen LogP contribution is 2.26. The number of hydrogen-bond acceptors (Lipinski definition) is 0. The fraction of sp³-hybridized carbons (Fsp3) is 0.500. The van der Waals surface area contributed by atoms with Crippen LogP contribution < -0.4 is 0 Å². The first kappa shape index (κ1) is 13.0. The lowest BCUT2D eigenvalue weighted by atomic mass is 9.84. The second-order valence-corrected chi connectivity index (χ2v) is 5.78. The number of hydrogen-bond donors (Lipinski definition) is 0. The smallest absolute Gasteiger partial charge is 0.0137 e. The summed E-state index contributed by atoms with van der Waals surface area (Å²) in [4.78, 5) is 0. The Kier molecular flexibility index (Phi) is 3.96. The van der Waals surface area contributed by atoms with Crippen LogP contribution in [0, 0.1) is 12.3 Å². The Morgan fingerprint density at radius 1 is 1.25 bits per heavy atom. The minimum absolute atomic E-state index is 0.183. The SMILES string of the molecule is C=CC(C)(C)Cc1cc(C)cc(C(C)C)c1. The van der Waals surface area contributed by atoms with E-state index in [4.69, 9.17) is 0 Å². The zero-order valence-corrected chi connectivity index (χ0v) is 11.3. The molecule has 0 N–H and O–H groups in total. The molecule has 0 amide bonds. The normalized spacial score (nSPS) is 11.9. The van der Waals surface area contributed by atoms with E-state index < -0.39 is 0 Å². The van der Waals surface area contributed by atoms with Gasteiger partial charge >= 0.3 is 0 Å². The summed E-state index contributed by atoms with van der Waals surface area (Å²) >= 11 is 0. The van der Waals surface area contributed by atoms with Crippen LogP contribution in [0.15, 0.2) is 30.9 Å². The summed E-state index contributed by atoms with van der Waals surface area (Å²) < 4.78 is 0. The third kappa shape index (κ3) is 3.52. The third-order valence-corrected chi connectivity index (χ3v) is 3.04. The molecule has 1 aromatic carbocycles. The van der Waals surface area contributed by atoms with Crippen LogP contribution in [0.5, 0.6) is 0 Å². The van der Waals surface area contributed by atoms with Gasteiger partial charge in [0.25, 0.3) is 0 Å². The minimum atomic E-state index is 0.183. The molecule has 0 spiro atoms. The summed E-state index contributed by atoms with van der Waals surface area (Å²) in [6.45, 7) is 15.0. The van der Waals surface area contributed by atoms with E-state index in [-0.39, 0.29) is 5.41 Å². The molecule has 0 aliphatic rings. The van der Waals surface area contributed by atoms with Crippen molar-refractivity contribution in [3.63, 3.8) is 0 Å². The molecular formula is C16H24. The topological polar surface area (TPSA) is 0 Å². The Bertz CT molecular complexity index is 370.